The predicted molar refractivity (Wildman–Crippen MR) is 40.6 cm³/mol. The summed E-state index contributed by atoms with van der Waals surface area (Å²) < 4.78 is 0. The molecule has 0 aliphatic carbocycles. The Morgan fingerprint density at radius 2 is 2.30 bits per heavy atom. The van der Waals surface area contributed by atoms with Crippen LogP contribution in [0, 0.1) is 5.41 Å². The van der Waals surface area contributed by atoms with Crippen LogP contribution < -0.4 is 5.32 Å². The zero-order chi connectivity index (χ0) is 7.78. The molecule has 1 amide bonds. The lowest BCUT2D eigenvalue weighted by molar-refractivity contribution is -0.119. The first-order valence-corrected chi connectivity index (χ1v) is 3.85. The van der Waals surface area contributed by atoms with Gasteiger partial charge in [-0.15, -0.1) is 0 Å². The van der Waals surface area contributed by atoms with Crippen molar-refractivity contribution in [2.24, 2.45) is 5.41 Å². The molecule has 1 saturated heterocycles. The highest BCUT2D eigenvalue weighted by atomic mass is 16.2. The molecule has 0 bridgehead atoms. The van der Waals surface area contributed by atoms with E-state index in [1.165, 1.54) is 0 Å². The summed E-state index contributed by atoms with van der Waals surface area (Å²) in [4.78, 5) is 10.9. The van der Waals surface area contributed by atoms with Crippen LogP contribution in [-0.2, 0) is 4.79 Å². The number of hydrogen-bond acceptors (Lipinski definition) is 1. The second kappa shape index (κ2) is 2.26. The van der Waals surface area contributed by atoms with Gasteiger partial charge in [0.15, 0.2) is 0 Å². The third kappa shape index (κ3) is 1.15. The number of nitrogens with one attached hydrogen (secondary N) is 1. The van der Waals surface area contributed by atoms with Gasteiger partial charge < -0.3 is 5.32 Å². The average molecular weight is 141 g/mol. The Hall–Kier alpha value is -0.530. The molecule has 10 heavy (non-hydrogen) atoms. The summed E-state index contributed by atoms with van der Waals surface area (Å²) in [5.74, 6) is 0.205. The highest BCUT2D eigenvalue weighted by Crippen LogP contribution is 2.31. The summed E-state index contributed by atoms with van der Waals surface area (Å²) in [5.41, 5.74) is 0.172. The van der Waals surface area contributed by atoms with E-state index >= 15 is 0 Å². The molecule has 2 nitrogen and oxygen atoms in total. The SMILES string of the molecule is CCC1NC(=O)CC1(C)C. The fourth-order valence-electron chi connectivity index (χ4n) is 1.63. The maximum atomic E-state index is 10.9. The van der Waals surface area contributed by atoms with Crippen molar-refractivity contribution in [1.29, 1.82) is 0 Å². The van der Waals surface area contributed by atoms with E-state index in [-0.39, 0.29) is 11.3 Å². The molecule has 1 fully saturated rings. The van der Waals surface area contributed by atoms with Gasteiger partial charge in [-0.2, -0.15) is 0 Å². The maximum absolute atomic E-state index is 10.9. The van der Waals surface area contributed by atoms with Crippen molar-refractivity contribution >= 4 is 5.91 Å². The van der Waals surface area contributed by atoms with Crippen LogP contribution in [0.1, 0.15) is 33.6 Å². The zero-order valence-electron chi connectivity index (χ0n) is 6.90. The molecule has 0 saturated carbocycles. The van der Waals surface area contributed by atoms with Gasteiger partial charge in [-0.25, -0.2) is 0 Å². The Kier molecular flexibility index (Phi) is 1.71. The highest BCUT2D eigenvalue weighted by Gasteiger charge is 2.37. The summed E-state index contributed by atoms with van der Waals surface area (Å²) in [6.45, 7) is 6.39. The quantitative estimate of drug-likeness (QED) is 0.586. The molecule has 1 aliphatic heterocycles. The van der Waals surface area contributed by atoms with E-state index in [0.717, 1.165) is 6.42 Å². The van der Waals surface area contributed by atoms with Crippen LogP contribution in [0.4, 0.5) is 0 Å². The van der Waals surface area contributed by atoms with Gasteiger partial charge in [0, 0.05) is 12.5 Å². The minimum Gasteiger partial charge on any atom is -0.353 e. The molecule has 58 valence electrons. The summed E-state index contributed by atoms with van der Waals surface area (Å²) >= 11 is 0. The van der Waals surface area contributed by atoms with Crippen molar-refractivity contribution in [2.75, 3.05) is 0 Å². The Morgan fingerprint density at radius 3 is 2.50 bits per heavy atom. The second-order valence-corrected chi connectivity index (χ2v) is 3.69. The lowest BCUT2D eigenvalue weighted by atomic mass is 9.84. The third-order valence-electron chi connectivity index (χ3n) is 2.30. The molecule has 2 heteroatoms. The largest absolute Gasteiger partial charge is 0.353 e. The van der Waals surface area contributed by atoms with E-state index in [0.29, 0.717) is 12.5 Å². The van der Waals surface area contributed by atoms with E-state index < -0.39 is 0 Å². The van der Waals surface area contributed by atoms with Gasteiger partial charge in [0.05, 0.1) is 0 Å². The Bertz CT molecular complexity index is 151. The monoisotopic (exact) mass is 141 g/mol. The molecule has 1 unspecified atom stereocenters. The molecule has 0 aromatic heterocycles. The van der Waals surface area contributed by atoms with Gasteiger partial charge >= 0.3 is 0 Å². The van der Waals surface area contributed by atoms with Crippen LogP contribution in [0.15, 0.2) is 0 Å². The highest BCUT2D eigenvalue weighted by molar-refractivity contribution is 5.79. The van der Waals surface area contributed by atoms with Gasteiger partial charge in [-0.1, -0.05) is 20.8 Å². The van der Waals surface area contributed by atoms with Crippen molar-refractivity contribution in [3.63, 3.8) is 0 Å². The molecule has 0 aromatic carbocycles. The van der Waals surface area contributed by atoms with Crippen molar-refractivity contribution in [3.8, 4) is 0 Å². The first-order chi connectivity index (χ1) is 4.56. The maximum Gasteiger partial charge on any atom is 0.220 e. The Labute approximate surface area is 62.0 Å². The summed E-state index contributed by atoms with van der Waals surface area (Å²) in [5, 5.41) is 2.95. The zero-order valence-corrected chi connectivity index (χ0v) is 6.90. The van der Waals surface area contributed by atoms with Gasteiger partial charge in [0.1, 0.15) is 0 Å². The third-order valence-corrected chi connectivity index (χ3v) is 2.30. The molecule has 1 aliphatic rings. The molecule has 1 N–H and O–H groups in total. The van der Waals surface area contributed by atoms with Crippen LogP contribution >= 0.6 is 0 Å². The minimum absolute atomic E-state index is 0.172. The summed E-state index contributed by atoms with van der Waals surface area (Å²) in [7, 11) is 0. The second-order valence-electron chi connectivity index (χ2n) is 3.69. The van der Waals surface area contributed by atoms with Crippen LogP contribution in [0.25, 0.3) is 0 Å². The van der Waals surface area contributed by atoms with E-state index in [4.69, 9.17) is 0 Å². The minimum atomic E-state index is 0.172. The van der Waals surface area contributed by atoms with Crippen LogP contribution in [-0.4, -0.2) is 11.9 Å². The van der Waals surface area contributed by atoms with Crippen LogP contribution in [0.3, 0.4) is 0 Å². The summed E-state index contributed by atoms with van der Waals surface area (Å²) in [6, 6.07) is 0.389. The Morgan fingerprint density at radius 1 is 1.70 bits per heavy atom. The van der Waals surface area contributed by atoms with Crippen molar-refractivity contribution < 1.29 is 4.79 Å². The first-order valence-electron chi connectivity index (χ1n) is 3.85. The lowest BCUT2D eigenvalue weighted by Crippen LogP contribution is -2.32. The van der Waals surface area contributed by atoms with Crippen molar-refractivity contribution in [1.82, 2.24) is 5.32 Å². The molecule has 0 aromatic rings. The lowest BCUT2D eigenvalue weighted by Gasteiger charge is -2.23. The molecule has 1 heterocycles. The molecule has 1 atom stereocenters. The van der Waals surface area contributed by atoms with Gasteiger partial charge in [-0.3, -0.25) is 4.79 Å². The van der Waals surface area contributed by atoms with Gasteiger partial charge in [0.25, 0.3) is 0 Å². The average Bonchev–Trinajstić information content (AvgIpc) is 2.04. The predicted octanol–water partition coefficient (Wildman–Crippen LogP) is 1.31. The first kappa shape index (κ1) is 7.58. The van der Waals surface area contributed by atoms with E-state index in [2.05, 4.69) is 26.1 Å². The van der Waals surface area contributed by atoms with Gasteiger partial charge in [-0.05, 0) is 11.8 Å². The van der Waals surface area contributed by atoms with Crippen molar-refractivity contribution in [3.05, 3.63) is 0 Å². The van der Waals surface area contributed by atoms with E-state index in [1.54, 1.807) is 0 Å². The molecule has 1 rings (SSSR count). The van der Waals surface area contributed by atoms with Crippen LogP contribution in [0.2, 0.25) is 0 Å². The number of amides is 1. The van der Waals surface area contributed by atoms with E-state index in [9.17, 15) is 4.79 Å². The van der Waals surface area contributed by atoms with E-state index in [1.807, 2.05) is 0 Å². The molecular weight excluding hydrogens is 126 g/mol. The molecule has 0 spiro atoms. The molecule has 0 radical (unpaired) electrons. The number of carbonyl (C=O) groups excluding carboxylic acids is 1. The smallest absolute Gasteiger partial charge is 0.220 e. The fraction of sp³-hybridized carbons (Fsp3) is 0.875. The van der Waals surface area contributed by atoms with Crippen LogP contribution in [0.5, 0.6) is 0 Å². The Balaban J connectivity index is 2.67. The number of carbonyl (C=O) groups is 1. The topological polar surface area (TPSA) is 29.1 Å². The fourth-order valence-corrected chi connectivity index (χ4v) is 1.63. The standard InChI is InChI=1S/C8H15NO/c1-4-6-8(2,3)5-7(10)9-6/h6H,4-5H2,1-3H3,(H,9,10). The molecular formula is C8H15NO. The number of hydrogen-bond donors (Lipinski definition) is 1. The summed E-state index contributed by atoms with van der Waals surface area (Å²) in [6.07, 6.45) is 1.73. The number of rotatable bonds is 1. The van der Waals surface area contributed by atoms with Gasteiger partial charge in [0.2, 0.25) is 5.91 Å². The van der Waals surface area contributed by atoms with Crippen molar-refractivity contribution in [2.45, 2.75) is 39.7 Å². The normalized spacial score (nSPS) is 30.3.